The average molecular weight is 303 g/mol. The Morgan fingerprint density at radius 1 is 1.20 bits per heavy atom. The van der Waals surface area contributed by atoms with Gasteiger partial charge in [0.25, 0.3) is 0 Å². The van der Waals surface area contributed by atoms with Crippen LogP contribution in [0.4, 0.5) is 5.69 Å². The first kappa shape index (κ1) is 12.0. The van der Waals surface area contributed by atoms with Crippen molar-refractivity contribution in [3.8, 4) is 5.75 Å². The lowest BCUT2D eigenvalue weighted by Gasteiger charge is -2.26. The second-order valence-electron chi connectivity index (χ2n) is 4.62. The Kier molecular flexibility index (Phi) is 2.79. The van der Waals surface area contributed by atoms with Crippen LogP contribution in [0.1, 0.15) is 11.1 Å². The van der Waals surface area contributed by atoms with Gasteiger partial charge in [-0.15, -0.1) is 11.3 Å². The number of rotatable bonds is 1. The lowest BCUT2D eigenvalue weighted by Crippen LogP contribution is -2.23. The monoisotopic (exact) mass is 302 g/mol. The van der Waals surface area contributed by atoms with Gasteiger partial charge in [-0.1, -0.05) is 29.8 Å². The van der Waals surface area contributed by atoms with Crippen LogP contribution in [0.5, 0.6) is 5.75 Å². The normalized spacial score (nSPS) is 17.4. The zero-order valence-corrected chi connectivity index (χ0v) is 12.0. The number of hydrogen-bond acceptors (Lipinski definition) is 4. The van der Waals surface area contributed by atoms with Crippen molar-refractivity contribution in [2.75, 3.05) is 11.9 Å². The van der Waals surface area contributed by atoms with Crippen molar-refractivity contribution >= 4 is 38.8 Å². The number of fused-ring (bicyclic) bond motifs is 2. The molecule has 0 spiro atoms. The third-order valence-corrected chi connectivity index (χ3v) is 4.72. The van der Waals surface area contributed by atoms with Crippen LogP contribution >= 0.6 is 22.9 Å². The Morgan fingerprint density at radius 2 is 2.10 bits per heavy atom. The molecule has 4 rings (SSSR count). The number of nitrogens with one attached hydrogen (secondary N) is 1. The molecule has 0 fully saturated rings. The van der Waals surface area contributed by atoms with E-state index in [0.29, 0.717) is 17.3 Å². The zero-order valence-electron chi connectivity index (χ0n) is 10.5. The summed E-state index contributed by atoms with van der Waals surface area (Å²) in [7, 11) is 0. The summed E-state index contributed by atoms with van der Waals surface area (Å²) in [6.45, 7) is 0.702. The van der Waals surface area contributed by atoms with E-state index in [1.807, 2.05) is 36.4 Å². The third kappa shape index (κ3) is 1.92. The zero-order chi connectivity index (χ0) is 13.5. The minimum Gasteiger partial charge on any atom is -0.478 e. The molecule has 0 radical (unpaired) electrons. The lowest BCUT2D eigenvalue weighted by atomic mass is 10.2. The molecule has 1 N–H and O–H groups in total. The first-order valence-electron chi connectivity index (χ1n) is 6.36. The molecule has 2 aromatic carbocycles. The molecule has 1 aliphatic rings. The van der Waals surface area contributed by atoms with Crippen molar-refractivity contribution in [1.82, 2.24) is 4.98 Å². The van der Waals surface area contributed by atoms with Gasteiger partial charge < -0.3 is 10.1 Å². The van der Waals surface area contributed by atoms with Gasteiger partial charge in [0.1, 0.15) is 5.01 Å². The fraction of sp³-hybridized carbons (Fsp3) is 0.133. The van der Waals surface area contributed by atoms with Gasteiger partial charge in [-0.3, -0.25) is 0 Å². The van der Waals surface area contributed by atoms with E-state index in [-0.39, 0.29) is 6.10 Å². The summed E-state index contributed by atoms with van der Waals surface area (Å²) in [6.07, 6.45) is -0.0974. The quantitative estimate of drug-likeness (QED) is 0.719. The Hall–Kier alpha value is -1.78. The Labute approximate surface area is 125 Å². The number of hydrogen-bond donors (Lipinski definition) is 1. The molecule has 0 saturated heterocycles. The Bertz CT molecular complexity index is 753. The molecule has 1 aliphatic heterocycles. The molecule has 0 saturated carbocycles. The topological polar surface area (TPSA) is 34.1 Å². The molecular weight excluding hydrogens is 292 g/mol. The number of halogens is 1. The number of thiazole rings is 1. The van der Waals surface area contributed by atoms with Gasteiger partial charge in [0.2, 0.25) is 0 Å². The molecule has 0 aliphatic carbocycles. The highest BCUT2D eigenvalue weighted by Gasteiger charge is 2.25. The Morgan fingerprint density at radius 3 is 3.00 bits per heavy atom. The van der Waals surface area contributed by atoms with Gasteiger partial charge in [0.05, 0.1) is 27.5 Å². The van der Waals surface area contributed by atoms with Crippen LogP contribution in [0.3, 0.4) is 0 Å². The summed E-state index contributed by atoms with van der Waals surface area (Å²) < 4.78 is 7.21. The predicted molar refractivity (Wildman–Crippen MR) is 82.9 cm³/mol. The smallest absolute Gasteiger partial charge is 0.167 e. The van der Waals surface area contributed by atoms with Crippen molar-refractivity contribution < 1.29 is 4.74 Å². The van der Waals surface area contributed by atoms with Crippen LogP contribution < -0.4 is 10.1 Å². The standard InChI is InChI=1S/C15H11ClN2OS/c16-9-4-3-6-11-14(9)19-12(8-17-11)15-18-10-5-1-2-7-13(10)20-15/h1-7,12,17H,8H2. The SMILES string of the molecule is Clc1cccc2c1OC(c1nc3ccccc3s1)CN2. The van der Waals surface area contributed by atoms with Crippen LogP contribution in [0.25, 0.3) is 10.2 Å². The van der Waals surface area contributed by atoms with Crippen molar-refractivity contribution in [2.45, 2.75) is 6.10 Å². The molecule has 0 amide bonds. The van der Waals surface area contributed by atoms with Crippen LogP contribution in [-0.4, -0.2) is 11.5 Å². The highest BCUT2D eigenvalue weighted by atomic mass is 35.5. The van der Waals surface area contributed by atoms with Gasteiger partial charge in [0, 0.05) is 0 Å². The molecule has 5 heteroatoms. The van der Waals surface area contributed by atoms with Gasteiger partial charge in [0.15, 0.2) is 11.9 Å². The summed E-state index contributed by atoms with van der Waals surface area (Å²) in [5.41, 5.74) is 1.95. The largest absolute Gasteiger partial charge is 0.478 e. The van der Waals surface area contributed by atoms with Crippen molar-refractivity contribution in [2.24, 2.45) is 0 Å². The summed E-state index contributed by atoms with van der Waals surface area (Å²) >= 11 is 7.86. The molecule has 3 nitrogen and oxygen atoms in total. The van der Waals surface area contributed by atoms with Gasteiger partial charge >= 0.3 is 0 Å². The second-order valence-corrected chi connectivity index (χ2v) is 6.09. The lowest BCUT2D eigenvalue weighted by molar-refractivity contribution is 0.210. The van der Waals surface area contributed by atoms with Crippen LogP contribution in [0, 0.1) is 0 Å². The number of aromatic nitrogens is 1. The van der Waals surface area contributed by atoms with Crippen LogP contribution in [0.15, 0.2) is 42.5 Å². The van der Waals surface area contributed by atoms with E-state index in [1.165, 1.54) is 4.70 Å². The number of benzene rings is 2. The van der Waals surface area contributed by atoms with E-state index in [2.05, 4.69) is 16.4 Å². The minimum atomic E-state index is -0.0974. The number of ether oxygens (including phenoxy) is 1. The second kappa shape index (κ2) is 4.65. The molecule has 0 bridgehead atoms. The highest BCUT2D eigenvalue weighted by molar-refractivity contribution is 7.18. The first-order chi connectivity index (χ1) is 9.81. The maximum atomic E-state index is 6.19. The van der Waals surface area contributed by atoms with E-state index in [4.69, 9.17) is 16.3 Å². The highest BCUT2D eigenvalue weighted by Crippen LogP contribution is 2.40. The molecule has 1 atom stereocenters. The molecular formula is C15H11ClN2OS. The van der Waals surface area contributed by atoms with Crippen LogP contribution in [-0.2, 0) is 0 Å². The average Bonchev–Trinajstić information content (AvgIpc) is 2.91. The molecule has 3 aromatic rings. The van der Waals surface area contributed by atoms with Crippen LogP contribution in [0.2, 0.25) is 5.02 Å². The van der Waals surface area contributed by atoms with Gasteiger partial charge in [-0.2, -0.15) is 0 Å². The fourth-order valence-corrected chi connectivity index (χ4v) is 3.54. The first-order valence-corrected chi connectivity index (χ1v) is 7.55. The maximum Gasteiger partial charge on any atom is 0.167 e. The number of para-hydroxylation sites is 2. The summed E-state index contributed by atoms with van der Waals surface area (Å²) in [5, 5.41) is 4.96. The van der Waals surface area contributed by atoms with Crippen molar-refractivity contribution in [3.05, 3.63) is 52.5 Å². The number of nitrogens with zero attached hydrogens (tertiary/aromatic N) is 1. The van der Waals surface area contributed by atoms with E-state index in [0.717, 1.165) is 16.2 Å². The van der Waals surface area contributed by atoms with E-state index >= 15 is 0 Å². The molecule has 1 unspecified atom stereocenters. The molecule has 100 valence electrons. The molecule has 2 heterocycles. The minimum absolute atomic E-state index is 0.0974. The Balaban J connectivity index is 1.72. The maximum absolute atomic E-state index is 6.19. The van der Waals surface area contributed by atoms with Gasteiger partial charge in [-0.25, -0.2) is 4.98 Å². The fourth-order valence-electron chi connectivity index (χ4n) is 2.32. The number of anilines is 1. The molecule has 1 aromatic heterocycles. The van der Waals surface area contributed by atoms with E-state index in [1.54, 1.807) is 11.3 Å². The van der Waals surface area contributed by atoms with E-state index in [9.17, 15) is 0 Å². The van der Waals surface area contributed by atoms with Crippen molar-refractivity contribution in [3.63, 3.8) is 0 Å². The summed E-state index contributed by atoms with van der Waals surface area (Å²) in [4.78, 5) is 4.65. The molecule has 20 heavy (non-hydrogen) atoms. The summed E-state index contributed by atoms with van der Waals surface area (Å²) in [6, 6.07) is 13.8. The van der Waals surface area contributed by atoms with Crippen molar-refractivity contribution in [1.29, 1.82) is 0 Å². The van der Waals surface area contributed by atoms with Gasteiger partial charge in [-0.05, 0) is 24.3 Å². The summed E-state index contributed by atoms with van der Waals surface area (Å²) in [5.74, 6) is 0.713. The third-order valence-electron chi connectivity index (χ3n) is 3.29. The predicted octanol–water partition coefficient (Wildman–Crippen LogP) is 4.50. The van der Waals surface area contributed by atoms with E-state index < -0.39 is 0 Å².